The lowest BCUT2D eigenvalue weighted by atomic mass is 10.2. The lowest BCUT2D eigenvalue weighted by Gasteiger charge is -2.24. The summed E-state index contributed by atoms with van der Waals surface area (Å²) in [4.78, 5) is 13.7. The number of carbonyl (C=O) groups excluding carboxylic acids is 1. The Labute approximate surface area is 101 Å². The predicted molar refractivity (Wildman–Crippen MR) is 65.5 cm³/mol. The van der Waals surface area contributed by atoms with E-state index in [1.165, 1.54) is 11.0 Å². The van der Waals surface area contributed by atoms with Crippen molar-refractivity contribution in [3.05, 3.63) is 30.1 Å². The van der Waals surface area contributed by atoms with Gasteiger partial charge in [-0.25, -0.2) is 4.39 Å². The highest BCUT2D eigenvalue weighted by molar-refractivity contribution is 5.97. The van der Waals surface area contributed by atoms with Gasteiger partial charge in [-0.15, -0.1) is 0 Å². The molecule has 2 rings (SSSR count). The third-order valence-electron chi connectivity index (χ3n) is 3.08. The van der Waals surface area contributed by atoms with E-state index in [-0.39, 0.29) is 17.8 Å². The Kier molecular flexibility index (Phi) is 3.74. The largest absolute Gasteiger partial charge is 0.309 e. The van der Waals surface area contributed by atoms with Crippen LogP contribution in [-0.2, 0) is 4.79 Å². The summed E-state index contributed by atoms with van der Waals surface area (Å²) in [6.45, 7) is 3.21. The zero-order chi connectivity index (χ0) is 12.3. The molecule has 0 bridgehead atoms. The molecule has 1 saturated heterocycles. The van der Waals surface area contributed by atoms with Crippen LogP contribution in [0.5, 0.6) is 0 Å². The second kappa shape index (κ2) is 5.27. The van der Waals surface area contributed by atoms with E-state index in [9.17, 15) is 9.18 Å². The second-order valence-electron chi connectivity index (χ2n) is 4.18. The number of anilines is 1. The van der Waals surface area contributed by atoms with E-state index in [4.69, 9.17) is 0 Å². The lowest BCUT2D eigenvalue weighted by Crippen LogP contribution is -2.44. The maximum absolute atomic E-state index is 13.7. The average molecular weight is 236 g/mol. The number of carbonyl (C=O) groups is 1. The van der Waals surface area contributed by atoms with Gasteiger partial charge >= 0.3 is 0 Å². The van der Waals surface area contributed by atoms with Crippen molar-refractivity contribution in [1.82, 2.24) is 5.32 Å². The first-order valence-electron chi connectivity index (χ1n) is 6.03. The van der Waals surface area contributed by atoms with E-state index in [0.717, 1.165) is 19.4 Å². The van der Waals surface area contributed by atoms with Crippen LogP contribution in [0.25, 0.3) is 0 Å². The number of halogens is 1. The summed E-state index contributed by atoms with van der Waals surface area (Å²) in [5, 5.41) is 3.15. The Hall–Kier alpha value is -1.42. The van der Waals surface area contributed by atoms with Gasteiger partial charge in [-0.3, -0.25) is 4.79 Å². The summed E-state index contributed by atoms with van der Waals surface area (Å²) in [6, 6.07) is 6.25. The molecule has 1 atom stereocenters. The van der Waals surface area contributed by atoms with Crippen molar-refractivity contribution >= 4 is 11.6 Å². The van der Waals surface area contributed by atoms with Crippen LogP contribution in [0.4, 0.5) is 10.1 Å². The van der Waals surface area contributed by atoms with E-state index in [1.54, 1.807) is 18.2 Å². The molecule has 92 valence electrons. The van der Waals surface area contributed by atoms with Gasteiger partial charge in [0.1, 0.15) is 5.82 Å². The standard InChI is InChI=1S/C13H17FN2O/c1-2-16(12-8-4-3-6-10(12)14)13(17)11-7-5-9-15-11/h3-4,6,8,11,15H,2,5,7,9H2,1H3/t11-/m1/s1. The van der Waals surface area contributed by atoms with Gasteiger partial charge in [0.05, 0.1) is 11.7 Å². The summed E-state index contributed by atoms with van der Waals surface area (Å²) >= 11 is 0. The lowest BCUT2D eigenvalue weighted by molar-refractivity contribution is -0.120. The van der Waals surface area contributed by atoms with Gasteiger partial charge < -0.3 is 10.2 Å². The van der Waals surface area contributed by atoms with Crippen LogP contribution >= 0.6 is 0 Å². The predicted octanol–water partition coefficient (Wildman–Crippen LogP) is 1.93. The topological polar surface area (TPSA) is 32.3 Å². The molecule has 1 aliphatic heterocycles. The Bertz CT molecular complexity index is 402. The second-order valence-corrected chi connectivity index (χ2v) is 4.18. The third-order valence-corrected chi connectivity index (χ3v) is 3.08. The number of rotatable bonds is 3. The zero-order valence-corrected chi connectivity index (χ0v) is 9.95. The van der Waals surface area contributed by atoms with Gasteiger partial charge in [0.15, 0.2) is 0 Å². The van der Waals surface area contributed by atoms with Crippen molar-refractivity contribution in [2.75, 3.05) is 18.0 Å². The van der Waals surface area contributed by atoms with Gasteiger partial charge in [0, 0.05) is 6.54 Å². The van der Waals surface area contributed by atoms with Gasteiger partial charge in [-0.1, -0.05) is 12.1 Å². The van der Waals surface area contributed by atoms with Crippen LogP contribution in [0.2, 0.25) is 0 Å². The molecule has 4 heteroatoms. The summed E-state index contributed by atoms with van der Waals surface area (Å²) in [6.07, 6.45) is 1.84. The molecule has 3 nitrogen and oxygen atoms in total. The number of nitrogens with one attached hydrogen (secondary N) is 1. The Morgan fingerprint density at radius 2 is 2.29 bits per heavy atom. The van der Waals surface area contributed by atoms with Gasteiger partial charge in [-0.2, -0.15) is 0 Å². The Balaban J connectivity index is 2.21. The first kappa shape index (κ1) is 12.0. The van der Waals surface area contributed by atoms with E-state index < -0.39 is 0 Å². The molecular formula is C13H17FN2O. The Morgan fingerprint density at radius 3 is 2.88 bits per heavy atom. The maximum Gasteiger partial charge on any atom is 0.244 e. The van der Waals surface area contributed by atoms with Crippen molar-refractivity contribution in [3.8, 4) is 0 Å². The van der Waals surface area contributed by atoms with Crippen molar-refractivity contribution in [3.63, 3.8) is 0 Å². The molecule has 0 aromatic heterocycles. The van der Waals surface area contributed by atoms with E-state index in [1.807, 2.05) is 6.92 Å². The zero-order valence-electron chi connectivity index (χ0n) is 9.95. The minimum absolute atomic E-state index is 0.0323. The number of para-hydroxylation sites is 1. The fourth-order valence-electron chi connectivity index (χ4n) is 2.20. The van der Waals surface area contributed by atoms with Crippen molar-refractivity contribution in [2.45, 2.75) is 25.8 Å². The van der Waals surface area contributed by atoms with Gasteiger partial charge in [0.2, 0.25) is 5.91 Å². The molecule has 0 unspecified atom stereocenters. The molecule has 1 aromatic rings. The normalized spacial score (nSPS) is 19.3. The van der Waals surface area contributed by atoms with E-state index in [0.29, 0.717) is 12.2 Å². The minimum Gasteiger partial charge on any atom is -0.309 e. The number of hydrogen-bond donors (Lipinski definition) is 1. The average Bonchev–Trinajstić information content (AvgIpc) is 2.86. The molecule has 17 heavy (non-hydrogen) atoms. The first-order chi connectivity index (χ1) is 8.24. The van der Waals surface area contributed by atoms with Crippen molar-refractivity contribution in [2.24, 2.45) is 0 Å². The van der Waals surface area contributed by atoms with Crippen LogP contribution in [0.1, 0.15) is 19.8 Å². The fourth-order valence-corrected chi connectivity index (χ4v) is 2.20. The fraction of sp³-hybridized carbons (Fsp3) is 0.462. The quantitative estimate of drug-likeness (QED) is 0.869. The molecule has 0 aliphatic carbocycles. The maximum atomic E-state index is 13.7. The molecule has 1 heterocycles. The molecule has 0 saturated carbocycles. The number of benzene rings is 1. The van der Waals surface area contributed by atoms with Crippen LogP contribution in [0, 0.1) is 5.82 Å². The SMILES string of the molecule is CCN(C(=O)[C@H]1CCCN1)c1ccccc1F. The molecule has 1 fully saturated rings. The van der Waals surface area contributed by atoms with E-state index >= 15 is 0 Å². The molecule has 1 N–H and O–H groups in total. The van der Waals surface area contributed by atoms with Crippen LogP contribution < -0.4 is 10.2 Å². The monoisotopic (exact) mass is 236 g/mol. The molecular weight excluding hydrogens is 219 g/mol. The van der Waals surface area contributed by atoms with Crippen molar-refractivity contribution in [1.29, 1.82) is 0 Å². The highest BCUT2D eigenvalue weighted by atomic mass is 19.1. The first-order valence-corrected chi connectivity index (χ1v) is 6.03. The molecule has 0 spiro atoms. The third kappa shape index (κ3) is 2.47. The van der Waals surface area contributed by atoms with E-state index in [2.05, 4.69) is 5.32 Å². The number of likely N-dealkylation sites (N-methyl/N-ethyl adjacent to an activating group) is 1. The number of nitrogens with zero attached hydrogens (tertiary/aromatic N) is 1. The number of hydrogen-bond acceptors (Lipinski definition) is 2. The highest BCUT2D eigenvalue weighted by Crippen LogP contribution is 2.20. The minimum atomic E-state index is -0.347. The highest BCUT2D eigenvalue weighted by Gasteiger charge is 2.27. The summed E-state index contributed by atoms with van der Waals surface area (Å²) in [7, 11) is 0. The molecule has 1 aliphatic rings. The summed E-state index contributed by atoms with van der Waals surface area (Å²) in [5.41, 5.74) is 0.369. The van der Waals surface area contributed by atoms with Crippen LogP contribution in [0.3, 0.4) is 0 Å². The van der Waals surface area contributed by atoms with Crippen LogP contribution in [-0.4, -0.2) is 25.0 Å². The molecule has 1 aromatic carbocycles. The number of amides is 1. The molecule has 0 radical (unpaired) electrons. The summed E-state index contributed by atoms with van der Waals surface area (Å²) in [5.74, 6) is -0.379. The smallest absolute Gasteiger partial charge is 0.244 e. The van der Waals surface area contributed by atoms with Crippen molar-refractivity contribution < 1.29 is 9.18 Å². The van der Waals surface area contributed by atoms with Gasteiger partial charge in [0.25, 0.3) is 0 Å². The van der Waals surface area contributed by atoms with Crippen LogP contribution in [0.15, 0.2) is 24.3 Å². The summed E-state index contributed by atoms with van der Waals surface area (Å²) < 4.78 is 13.7. The Morgan fingerprint density at radius 1 is 1.53 bits per heavy atom. The molecule has 1 amide bonds. The van der Waals surface area contributed by atoms with Gasteiger partial charge in [-0.05, 0) is 38.4 Å².